The molecule has 0 aliphatic heterocycles. The zero-order valence-electron chi connectivity index (χ0n) is 7.88. The third-order valence-corrected chi connectivity index (χ3v) is 3.36. The summed E-state index contributed by atoms with van der Waals surface area (Å²) in [4.78, 5) is 4.49. The van der Waals surface area contributed by atoms with Gasteiger partial charge >= 0.3 is 0 Å². The quantitative estimate of drug-likeness (QED) is 0.916. The van der Waals surface area contributed by atoms with E-state index in [1.807, 2.05) is 12.1 Å². The van der Waals surface area contributed by atoms with E-state index in [1.165, 1.54) is 4.70 Å². The Morgan fingerprint density at radius 1 is 1.50 bits per heavy atom. The van der Waals surface area contributed by atoms with E-state index in [0.717, 1.165) is 28.1 Å². The lowest BCUT2D eigenvalue weighted by Gasteiger charge is -1.95. The Labute approximate surface area is 95.5 Å². The van der Waals surface area contributed by atoms with Crippen LogP contribution in [0.25, 0.3) is 10.2 Å². The van der Waals surface area contributed by atoms with E-state index in [4.69, 9.17) is 0 Å². The predicted molar refractivity (Wildman–Crippen MR) is 66.1 cm³/mol. The Hall–Kier alpha value is -0.610. The molecule has 1 N–H and O–H groups in total. The molecule has 0 amide bonds. The van der Waals surface area contributed by atoms with Crippen LogP contribution in [0.15, 0.2) is 22.7 Å². The maximum atomic E-state index is 4.49. The molecule has 0 bridgehead atoms. The Balaban J connectivity index is 2.32. The Bertz CT molecular complexity index is 439. The number of anilines is 1. The molecule has 2 rings (SSSR count). The Kier molecular flexibility index (Phi) is 3.03. The molecule has 14 heavy (non-hydrogen) atoms. The van der Waals surface area contributed by atoms with Gasteiger partial charge in [-0.05, 0) is 24.6 Å². The van der Waals surface area contributed by atoms with Gasteiger partial charge in [0.15, 0.2) is 5.13 Å². The van der Waals surface area contributed by atoms with E-state index in [0.29, 0.717) is 0 Å². The SMILES string of the molecule is CCCNc1nc2cc(Br)ccc2s1. The van der Waals surface area contributed by atoms with Crippen LogP contribution in [-0.4, -0.2) is 11.5 Å². The first-order valence-corrected chi connectivity index (χ1v) is 6.20. The van der Waals surface area contributed by atoms with Crippen LogP contribution in [0.4, 0.5) is 5.13 Å². The number of rotatable bonds is 3. The number of hydrogen-bond donors (Lipinski definition) is 1. The van der Waals surface area contributed by atoms with Crippen molar-refractivity contribution in [2.24, 2.45) is 0 Å². The van der Waals surface area contributed by atoms with Crippen molar-refractivity contribution in [2.75, 3.05) is 11.9 Å². The van der Waals surface area contributed by atoms with E-state index in [-0.39, 0.29) is 0 Å². The molecule has 0 radical (unpaired) electrons. The fourth-order valence-electron chi connectivity index (χ4n) is 1.21. The number of nitrogens with one attached hydrogen (secondary N) is 1. The first-order valence-electron chi connectivity index (χ1n) is 4.59. The van der Waals surface area contributed by atoms with Gasteiger partial charge in [-0.25, -0.2) is 4.98 Å². The molecular formula is C10H11BrN2S. The minimum atomic E-state index is 0.987. The number of hydrogen-bond acceptors (Lipinski definition) is 3. The number of aromatic nitrogens is 1. The third-order valence-electron chi connectivity index (χ3n) is 1.88. The van der Waals surface area contributed by atoms with Crippen molar-refractivity contribution in [1.82, 2.24) is 4.98 Å². The van der Waals surface area contributed by atoms with Crippen LogP contribution in [0.2, 0.25) is 0 Å². The average Bonchev–Trinajstić information content (AvgIpc) is 2.56. The van der Waals surface area contributed by atoms with Crippen LogP contribution in [0, 0.1) is 0 Å². The highest BCUT2D eigenvalue weighted by Crippen LogP contribution is 2.27. The number of fused-ring (bicyclic) bond motifs is 1. The molecule has 0 atom stereocenters. The van der Waals surface area contributed by atoms with E-state index in [1.54, 1.807) is 11.3 Å². The number of halogens is 1. The summed E-state index contributed by atoms with van der Waals surface area (Å²) in [6.07, 6.45) is 1.12. The lowest BCUT2D eigenvalue weighted by atomic mass is 10.3. The van der Waals surface area contributed by atoms with Crippen LogP contribution in [0.5, 0.6) is 0 Å². The van der Waals surface area contributed by atoms with Gasteiger partial charge in [-0.3, -0.25) is 0 Å². The topological polar surface area (TPSA) is 24.9 Å². The molecule has 1 aromatic carbocycles. The van der Waals surface area contributed by atoms with Crippen molar-refractivity contribution >= 4 is 42.6 Å². The molecule has 74 valence electrons. The standard InChI is InChI=1S/C10H11BrN2S/c1-2-5-12-10-13-8-6-7(11)3-4-9(8)14-10/h3-4,6H,2,5H2,1H3,(H,12,13). The van der Waals surface area contributed by atoms with Gasteiger partial charge in [0.2, 0.25) is 0 Å². The largest absolute Gasteiger partial charge is 0.361 e. The molecule has 4 heteroatoms. The first-order chi connectivity index (χ1) is 6.79. The van der Waals surface area contributed by atoms with Crippen molar-refractivity contribution in [1.29, 1.82) is 0 Å². The summed E-state index contributed by atoms with van der Waals surface area (Å²) in [6, 6.07) is 6.18. The van der Waals surface area contributed by atoms with Gasteiger partial charge in [0.25, 0.3) is 0 Å². The minimum absolute atomic E-state index is 0.987. The van der Waals surface area contributed by atoms with Gasteiger partial charge in [0, 0.05) is 11.0 Å². The summed E-state index contributed by atoms with van der Waals surface area (Å²) in [5.74, 6) is 0. The highest BCUT2D eigenvalue weighted by Gasteiger charge is 2.02. The predicted octanol–water partition coefficient (Wildman–Crippen LogP) is 3.88. The second-order valence-corrected chi connectivity index (χ2v) is 5.00. The second-order valence-electron chi connectivity index (χ2n) is 3.06. The third kappa shape index (κ3) is 2.07. The number of thiazole rings is 1. The molecule has 0 aliphatic carbocycles. The van der Waals surface area contributed by atoms with Gasteiger partial charge < -0.3 is 5.32 Å². The molecule has 0 aliphatic rings. The lowest BCUT2D eigenvalue weighted by Crippen LogP contribution is -1.98. The van der Waals surface area contributed by atoms with Crippen LogP contribution >= 0.6 is 27.3 Å². The molecule has 0 saturated carbocycles. The monoisotopic (exact) mass is 270 g/mol. The van der Waals surface area contributed by atoms with E-state index in [2.05, 4.69) is 39.2 Å². The van der Waals surface area contributed by atoms with Gasteiger partial charge in [0.1, 0.15) is 0 Å². The Morgan fingerprint density at radius 2 is 2.36 bits per heavy atom. The summed E-state index contributed by atoms with van der Waals surface area (Å²) in [5, 5.41) is 4.31. The van der Waals surface area contributed by atoms with E-state index in [9.17, 15) is 0 Å². The molecule has 0 unspecified atom stereocenters. The summed E-state index contributed by atoms with van der Waals surface area (Å²) >= 11 is 5.14. The van der Waals surface area contributed by atoms with Crippen molar-refractivity contribution in [3.63, 3.8) is 0 Å². The number of nitrogens with zero attached hydrogens (tertiary/aromatic N) is 1. The smallest absolute Gasteiger partial charge is 0.183 e. The molecule has 0 fully saturated rings. The zero-order chi connectivity index (χ0) is 9.97. The number of benzene rings is 1. The maximum absolute atomic E-state index is 4.49. The lowest BCUT2D eigenvalue weighted by molar-refractivity contribution is 0.977. The van der Waals surface area contributed by atoms with E-state index >= 15 is 0 Å². The average molecular weight is 271 g/mol. The Morgan fingerprint density at radius 3 is 3.14 bits per heavy atom. The molecule has 1 aromatic heterocycles. The fourth-order valence-corrected chi connectivity index (χ4v) is 2.43. The van der Waals surface area contributed by atoms with Gasteiger partial charge in [-0.15, -0.1) is 0 Å². The maximum Gasteiger partial charge on any atom is 0.183 e. The molecule has 1 heterocycles. The van der Waals surface area contributed by atoms with Crippen LogP contribution in [-0.2, 0) is 0 Å². The van der Waals surface area contributed by atoms with Crippen molar-refractivity contribution in [3.8, 4) is 0 Å². The summed E-state index contributed by atoms with van der Waals surface area (Å²) < 4.78 is 2.31. The molecule has 0 saturated heterocycles. The van der Waals surface area contributed by atoms with Crippen molar-refractivity contribution < 1.29 is 0 Å². The van der Waals surface area contributed by atoms with Crippen molar-refractivity contribution in [2.45, 2.75) is 13.3 Å². The highest BCUT2D eigenvalue weighted by atomic mass is 79.9. The summed E-state index contributed by atoms with van der Waals surface area (Å²) in [6.45, 7) is 3.14. The first kappa shape index (κ1) is 9.93. The molecule has 0 spiro atoms. The fraction of sp³-hybridized carbons (Fsp3) is 0.300. The van der Waals surface area contributed by atoms with Crippen LogP contribution in [0.3, 0.4) is 0 Å². The molecule has 2 nitrogen and oxygen atoms in total. The van der Waals surface area contributed by atoms with Gasteiger partial charge in [-0.2, -0.15) is 0 Å². The van der Waals surface area contributed by atoms with Crippen molar-refractivity contribution in [3.05, 3.63) is 22.7 Å². The van der Waals surface area contributed by atoms with Gasteiger partial charge in [0.05, 0.1) is 10.2 Å². The van der Waals surface area contributed by atoms with Gasteiger partial charge in [-0.1, -0.05) is 34.2 Å². The highest BCUT2D eigenvalue weighted by molar-refractivity contribution is 9.10. The molecular weight excluding hydrogens is 260 g/mol. The summed E-state index contributed by atoms with van der Waals surface area (Å²) in [7, 11) is 0. The second kappa shape index (κ2) is 4.28. The minimum Gasteiger partial charge on any atom is -0.361 e. The normalized spacial score (nSPS) is 10.7. The zero-order valence-corrected chi connectivity index (χ0v) is 10.3. The van der Waals surface area contributed by atoms with Crippen LogP contribution < -0.4 is 5.32 Å². The van der Waals surface area contributed by atoms with E-state index < -0.39 is 0 Å². The summed E-state index contributed by atoms with van der Waals surface area (Å²) in [5.41, 5.74) is 1.06. The van der Waals surface area contributed by atoms with Crippen LogP contribution in [0.1, 0.15) is 13.3 Å². The molecule has 2 aromatic rings.